The molecule has 2 aromatic rings. The van der Waals surface area contributed by atoms with E-state index >= 15 is 0 Å². The number of halogens is 6. The molecule has 1 atom stereocenters. The van der Waals surface area contributed by atoms with Crippen molar-refractivity contribution in [1.29, 1.82) is 0 Å². The number of hydrogen-bond donors (Lipinski definition) is 0. The lowest BCUT2D eigenvalue weighted by Gasteiger charge is -2.38. The minimum Gasteiger partial charge on any atom is -0.426 e. The van der Waals surface area contributed by atoms with Crippen molar-refractivity contribution in [1.82, 2.24) is 4.90 Å². The molecule has 0 unspecified atom stereocenters. The van der Waals surface area contributed by atoms with Crippen LogP contribution in [0.1, 0.15) is 22.7 Å². The number of carbonyl (C=O) groups is 1. The van der Waals surface area contributed by atoms with Gasteiger partial charge in [-0.05, 0) is 23.1 Å². The maximum atomic E-state index is 12.8. The van der Waals surface area contributed by atoms with E-state index in [-0.39, 0.29) is 13.0 Å². The van der Waals surface area contributed by atoms with E-state index in [4.69, 9.17) is 0 Å². The third-order valence-electron chi connectivity index (χ3n) is 4.45. The van der Waals surface area contributed by atoms with Crippen molar-refractivity contribution in [2.75, 3.05) is 6.54 Å². The molecule has 0 aromatic heterocycles. The Bertz CT molecular complexity index is 820. The molecule has 9 heteroatoms. The number of amides is 1. The topological polar surface area (TPSA) is 29.5 Å². The highest BCUT2D eigenvalue weighted by atomic mass is 19.4. The number of carbonyl (C=O) groups excluding carboxylic acids is 1. The van der Waals surface area contributed by atoms with Crippen LogP contribution in [0.3, 0.4) is 0 Å². The average Bonchev–Trinajstić information content (AvgIpc) is 2.63. The van der Waals surface area contributed by atoms with Crippen molar-refractivity contribution in [3.8, 4) is 0 Å². The Balaban J connectivity index is 1.97. The Morgan fingerprint density at radius 2 is 1.50 bits per heavy atom. The van der Waals surface area contributed by atoms with Gasteiger partial charge in [0.05, 0.1) is 6.04 Å². The third-order valence-corrected chi connectivity index (χ3v) is 4.45. The number of alkyl halides is 6. The molecule has 1 aliphatic heterocycles. The third kappa shape index (κ3) is 4.07. The van der Waals surface area contributed by atoms with Crippen molar-refractivity contribution < 1.29 is 35.9 Å². The molecule has 1 heterocycles. The first-order chi connectivity index (χ1) is 13.1. The second-order valence-electron chi connectivity index (χ2n) is 6.30. The molecular weight excluding hydrogens is 388 g/mol. The average molecular weight is 403 g/mol. The molecule has 150 valence electrons. The maximum Gasteiger partial charge on any atom is 0.434 e. The number of benzene rings is 2. The Kier molecular flexibility index (Phi) is 5.27. The van der Waals surface area contributed by atoms with Crippen LogP contribution in [0.2, 0.25) is 0 Å². The molecule has 3 rings (SSSR count). The van der Waals surface area contributed by atoms with Crippen molar-refractivity contribution in [2.45, 2.75) is 30.9 Å². The quantitative estimate of drug-likeness (QED) is 0.640. The van der Waals surface area contributed by atoms with Gasteiger partial charge in [-0.1, -0.05) is 54.6 Å². The van der Waals surface area contributed by atoms with E-state index in [0.29, 0.717) is 11.1 Å². The highest BCUT2D eigenvalue weighted by Crippen LogP contribution is 2.39. The summed E-state index contributed by atoms with van der Waals surface area (Å²) in [5.41, 5.74) is 2.05. The number of ether oxygens (including phenoxy) is 1. The van der Waals surface area contributed by atoms with Gasteiger partial charge in [0.2, 0.25) is 0 Å². The van der Waals surface area contributed by atoms with Crippen molar-refractivity contribution >= 4 is 6.09 Å². The summed E-state index contributed by atoms with van der Waals surface area (Å²) in [6.07, 6.45) is -17.1. The monoisotopic (exact) mass is 403 g/mol. The van der Waals surface area contributed by atoms with Gasteiger partial charge < -0.3 is 4.74 Å². The van der Waals surface area contributed by atoms with Gasteiger partial charge in [-0.3, -0.25) is 4.90 Å². The number of rotatable bonds is 2. The summed E-state index contributed by atoms with van der Waals surface area (Å²) >= 11 is 0. The molecule has 28 heavy (non-hydrogen) atoms. The zero-order valence-electron chi connectivity index (χ0n) is 14.3. The van der Waals surface area contributed by atoms with Crippen LogP contribution in [0, 0.1) is 0 Å². The van der Waals surface area contributed by atoms with Gasteiger partial charge in [-0.25, -0.2) is 4.79 Å². The van der Waals surface area contributed by atoms with E-state index in [1.165, 1.54) is 0 Å². The Labute approximate surface area is 156 Å². The summed E-state index contributed by atoms with van der Waals surface area (Å²) < 4.78 is 80.6. The molecule has 0 N–H and O–H groups in total. The van der Waals surface area contributed by atoms with Crippen LogP contribution < -0.4 is 0 Å². The zero-order valence-corrected chi connectivity index (χ0v) is 14.3. The van der Waals surface area contributed by atoms with E-state index in [0.717, 1.165) is 10.5 Å². The first-order valence-corrected chi connectivity index (χ1v) is 8.32. The first kappa shape index (κ1) is 20.0. The van der Waals surface area contributed by atoms with Gasteiger partial charge in [-0.2, -0.15) is 26.3 Å². The van der Waals surface area contributed by atoms with Crippen LogP contribution in [0.15, 0.2) is 54.6 Å². The second kappa shape index (κ2) is 7.37. The van der Waals surface area contributed by atoms with Crippen LogP contribution in [0.5, 0.6) is 0 Å². The van der Waals surface area contributed by atoms with Gasteiger partial charge >= 0.3 is 18.4 Å². The number of hydrogen-bond acceptors (Lipinski definition) is 2. The van der Waals surface area contributed by atoms with Crippen molar-refractivity contribution in [3.63, 3.8) is 0 Å². The second-order valence-corrected chi connectivity index (χ2v) is 6.30. The SMILES string of the molecule is O=C(OC(C(F)(F)F)C(F)(F)F)N1CCc2ccccc2[C@@H]1c1ccccc1. The molecule has 0 radical (unpaired) electrons. The predicted molar refractivity (Wildman–Crippen MR) is 87.5 cm³/mol. The normalized spacial score (nSPS) is 17.4. The summed E-state index contributed by atoms with van der Waals surface area (Å²) in [5.74, 6) is 0. The maximum absolute atomic E-state index is 12.8. The van der Waals surface area contributed by atoms with E-state index in [1.54, 1.807) is 48.5 Å². The van der Waals surface area contributed by atoms with Crippen LogP contribution in [-0.2, 0) is 11.2 Å². The Morgan fingerprint density at radius 1 is 0.929 bits per heavy atom. The molecule has 0 spiro atoms. The first-order valence-electron chi connectivity index (χ1n) is 8.32. The highest BCUT2D eigenvalue weighted by molar-refractivity contribution is 5.70. The van der Waals surface area contributed by atoms with Gasteiger partial charge in [-0.15, -0.1) is 0 Å². The van der Waals surface area contributed by atoms with Crippen molar-refractivity contribution in [2.24, 2.45) is 0 Å². The fourth-order valence-electron chi connectivity index (χ4n) is 3.25. The Morgan fingerprint density at radius 3 is 2.11 bits per heavy atom. The molecule has 0 aliphatic carbocycles. The van der Waals surface area contributed by atoms with Gasteiger partial charge in [0.1, 0.15) is 0 Å². The lowest BCUT2D eigenvalue weighted by atomic mass is 9.88. The minimum atomic E-state index is -5.76. The molecule has 0 saturated carbocycles. The van der Waals surface area contributed by atoms with E-state index in [9.17, 15) is 31.1 Å². The largest absolute Gasteiger partial charge is 0.434 e. The predicted octanol–water partition coefficient (Wildman–Crippen LogP) is 5.26. The van der Waals surface area contributed by atoms with E-state index in [2.05, 4.69) is 4.74 Å². The van der Waals surface area contributed by atoms with Crippen LogP contribution in [0.4, 0.5) is 31.1 Å². The fourth-order valence-corrected chi connectivity index (χ4v) is 3.25. The Hall–Kier alpha value is -2.71. The molecule has 3 nitrogen and oxygen atoms in total. The van der Waals surface area contributed by atoms with Crippen LogP contribution >= 0.6 is 0 Å². The summed E-state index contributed by atoms with van der Waals surface area (Å²) in [4.78, 5) is 13.3. The minimum absolute atomic E-state index is 0.0716. The zero-order chi connectivity index (χ0) is 20.5. The lowest BCUT2D eigenvalue weighted by molar-refractivity contribution is -0.308. The fraction of sp³-hybridized carbons (Fsp3) is 0.316. The number of fused-ring (bicyclic) bond motifs is 1. The summed E-state index contributed by atoms with van der Waals surface area (Å²) in [6.45, 7) is -0.0716. The van der Waals surface area contributed by atoms with Crippen LogP contribution in [0.25, 0.3) is 0 Å². The molecule has 0 bridgehead atoms. The van der Waals surface area contributed by atoms with E-state index < -0.39 is 30.6 Å². The highest BCUT2D eigenvalue weighted by Gasteiger charge is 2.60. The smallest absolute Gasteiger partial charge is 0.426 e. The van der Waals surface area contributed by atoms with Crippen LogP contribution in [-0.4, -0.2) is 36.0 Å². The molecule has 0 saturated heterocycles. The summed E-state index contributed by atoms with van der Waals surface area (Å²) in [5, 5.41) is 0. The standard InChI is InChI=1S/C19H15F6NO2/c20-18(21,22)16(19(23,24)25)28-17(27)26-11-10-12-6-4-5-9-14(12)15(26)13-7-2-1-3-8-13/h1-9,15-16H,10-11H2/t15-/m0/s1. The number of nitrogens with zero attached hydrogens (tertiary/aromatic N) is 1. The van der Waals surface area contributed by atoms with E-state index in [1.807, 2.05) is 6.07 Å². The molecule has 1 aliphatic rings. The molecule has 0 fully saturated rings. The van der Waals surface area contributed by atoms with Gasteiger partial charge in [0, 0.05) is 6.54 Å². The molecule has 2 aromatic carbocycles. The summed E-state index contributed by atoms with van der Waals surface area (Å²) in [6, 6.07) is 14.5. The molecule has 1 amide bonds. The lowest BCUT2D eigenvalue weighted by Crippen LogP contribution is -2.49. The van der Waals surface area contributed by atoms with Gasteiger partial charge in [0.15, 0.2) is 0 Å². The van der Waals surface area contributed by atoms with Gasteiger partial charge in [0.25, 0.3) is 6.10 Å². The summed E-state index contributed by atoms with van der Waals surface area (Å²) in [7, 11) is 0. The molecular formula is C19H15F6NO2. The van der Waals surface area contributed by atoms with Crippen molar-refractivity contribution in [3.05, 3.63) is 71.3 Å².